The first-order valence-electron chi connectivity index (χ1n) is 13.4. The molecule has 1 heterocycles. The molecule has 0 spiro atoms. The molecule has 9 heteroatoms. The molecule has 5 rings (SSSR count). The fraction of sp³-hybridized carbons (Fsp3) is 0.182. The van der Waals surface area contributed by atoms with Crippen molar-refractivity contribution in [2.24, 2.45) is 0 Å². The van der Waals surface area contributed by atoms with Crippen molar-refractivity contribution in [3.8, 4) is 11.5 Å². The Bertz CT molecular complexity index is 1860. The molecule has 4 aromatic carbocycles. The minimum absolute atomic E-state index is 0.0617. The lowest BCUT2D eigenvalue weighted by Gasteiger charge is -2.15. The van der Waals surface area contributed by atoms with Crippen LogP contribution in [-0.2, 0) is 19.5 Å². The van der Waals surface area contributed by atoms with E-state index in [2.05, 4.69) is 5.32 Å². The molecule has 0 aliphatic heterocycles. The van der Waals surface area contributed by atoms with E-state index in [0.29, 0.717) is 46.0 Å². The van der Waals surface area contributed by atoms with E-state index in [1.54, 1.807) is 73.4 Å². The number of carbonyl (C=O) groups is 1. The van der Waals surface area contributed by atoms with E-state index in [-0.39, 0.29) is 24.6 Å². The highest BCUT2D eigenvalue weighted by Crippen LogP contribution is 2.27. The van der Waals surface area contributed by atoms with E-state index in [9.17, 15) is 14.4 Å². The van der Waals surface area contributed by atoms with Crippen LogP contribution in [0.15, 0.2) is 101 Å². The van der Waals surface area contributed by atoms with Crippen LogP contribution in [0.4, 0.5) is 0 Å². The van der Waals surface area contributed by atoms with Crippen molar-refractivity contribution in [1.29, 1.82) is 0 Å². The first-order valence-corrected chi connectivity index (χ1v) is 13.8. The van der Waals surface area contributed by atoms with Crippen LogP contribution in [0.25, 0.3) is 10.9 Å². The van der Waals surface area contributed by atoms with Gasteiger partial charge in [-0.05, 0) is 65.6 Å². The maximum atomic E-state index is 13.6. The van der Waals surface area contributed by atoms with Crippen LogP contribution in [-0.4, -0.2) is 35.8 Å². The molecule has 1 aromatic heterocycles. The number of hydrogen-bond acceptors (Lipinski definition) is 5. The summed E-state index contributed by atoms with van der Waals surface area (Å²) in [6.07, 6.45) is 0.621. The van der Waals surface area contributed by atoms with Gasteiger partial charge >= 0.3 is 5.69 Å². The number of carbonyl (C=O) groups excluding carboxylic acids is 1. The highest BCUT2D eigenvalue weighted by Gasteiger charge is 2.15. The van der Waals surface area contributed by atoms with E-state index < -0.39 is 5.69 Å². The molecule has 0 saturated carbocycles. The largest absolute Gasteiger partial charge is 0.493 e. The lowest BCUT2D eigenvalue weighted by molar-refractivity contribution is 0.0954. The summed E-state index contributed by atoms with van der Waals surface area (Å²) in [7, 11) is 3.17. The van der Waals surface area contributed by atoms with E-state index in [0.717, 1.165) is 16.7 Å². The Balaban J connectivity index is 1.32. The molecule has 0 aliphatic carbocycles. The van der Waals surface area contributed by atoms with Gasteiger partial charge in [0, 0.05) is 17.1 Å². The molecule has 0 radical (unpaired) electrons. The average Bonchev–Trinajstić information content (AvgIpc) is 3.02. The van der Waals surface area contributed by atoms with Gasteiger partial charge in [0.2, 0.25) is 0 Å². The Labute approximate surface area is 247 Å². The fourth-order valence-corrected chi connectivity index (χ4v) is 5.06. The highest BCUT2D eigenvalue weighted by atomic mass is 35.5. The Kier molecular flexibility index (Phi) is 8.74. The normalized spacial score (nSPS) is 10.9. The number of rotatable bonds is 10. The number of benzene rings is 4. The Morgan fingerprint density at radius 3 is 2.21 bits per heavy atom. The van der Waals surface area contributed by atoms with Gasteiger partial charge in [0.05, 0.1) is 38.2 Å². The lowest BCUT2D eigenvalue weighted by atomic mass is 10.1. The molecular formula is C33H30ClN3O5. The average molecular weight is 584 g/mol. The van der Waals surface area contributed by atoms with Crippen LogP contribution in [0, 0.1) is 0 Å². The quantitative estimate of drug-likeness (QED) is 0.252. The molecule has 0 atom stereocenters. The predicted octanol–water partition coefficient (Wildman–Crippen LogP) is 4.90. The number of hydrogen-bond donors (Lipinski definition) is 1. The standard InChI is InChI=1S/C33H30ClN3O5/c1-41-29-16-13-22(19-30(29)42-2)17-18-35-31(38)24-14-11-23(12-15-24)20-37-32(39)26-8-4-6-10-28(26)36(33(37)40)21-25-7-3-5-9-27(25)34/h3-16,19H,17-18,20-21H2,1-2H3,(H,35,38). The first kappa shape index (κ1) is 28.7. The van der Waals surface area contributed by atoms with Crippen molar-refractivity contribution in [3.05, 3.63) is 139 Å². The third-order valence-corrected chi connectivity index (χ3v) is 7.49. The maximum absolute atomic E-state index is 13.6. The zero-order chi connectivity index (χ0) is 29.6. The van der Waals surface area contributed by atoms with Gasteiger partial charge in [0.1, 0.15) is 0 Å². The number of halogens is 1. The predicted molar refractivity (Wildman–Crippen MR) is 164 cm³/mol. The molecule has 0 aliphatic rings. The van der Waals surface area contributed by atoms with Crippen molar-refractivity contribution in [2.75, 3.05) is 20.8 Å². The van der Waals surface area contributed by atoms with Gasteiger partial charge in [-0.2, -0.15) is 0 Å². The maximum Gasteiger partial charge on any atom is 0.332 e. The summed E-state index contributed by atoms with van der Waals surface area (Å²) in [6.45, 7) is 0.724. The third-order valence-electron chi connectivity index (χ3n) is 7.12. The minimum Gasteiger partial charge on any atom is -0.493 e. The van der Waals surface area contributed by atoms with E-state index in [4.69, 9.17) is 21.1 Å². The summed E-state index contributed by atoms with van der Waals surface area (Å²) < 4.78 is 13.4. The molecule has 42 heavy (non-hydrogen) atoms. The molecular weight excluding hydrogens is 554 g/mol. The molecule has 0 bridgehead atoms. The van der Waals surface area contributed by atoms with E-state index in [1.165, 1.54) is 4.57 Å². The number of amides is 1. The lowest BCUT2D eigenvalue weighted by Crippen LogP contribution is -2.40. The van der Waals surface area contributed by atoms with Crippen LogP contribution >= 0.6 is 11.6 Å². The molecule has 1 N–H and O–H groups in total. The summed E-state index contributed by atoms with van der Waals surface area (Å²) in [5.74, 6) is 1.07. The molecule has 1 amide bonds. The second kappa shape index (κ2) is 12.8. The van der Waals surface area contributed by atoms with E-state index in [1.807, 2.05) is 36.4 Å². The summed E-state index contributed by atoms with van der Waals surface area (Å²) in [6, 6.07) is 26.9. The second-order valence-electron chi connectivity index (χ2n) is 9.76. The number of nitrogens with one attached hydrogen (secondary N) is 1. The Hall–Kier alpha value is -4.82. The molecule has 214 valence electrons. The van der Waals surface area contributed by atoms with Crippen LogP contribution in [0.1, 0.15) is 27.0 Å². The second-order valence-corrected chi connectivity index (χ2v) is 10.2. The topological polar surface area (TPSA) is 91.6 Å². The summed E-state index contributed by atoms with van der Waals surface area (Å²) in [5, 5.41) is 3.91. The summed E-state index contributed by atoms with van der Waals surface area (Å²) in [5.41, 5.74) is 2.72. The van der Waals surface area contributed by atoms with Gasteiger partial charge in [0.25, 0.3) is 11.5 Å². The van der Waals surface area contributed by atoms with Gasteiger partial charge in [-0.3, -0.25) is 18.7 Å². The van der Waals surface area contributed by atoms with Crippen molar-refractivity contribution >= 4 is 28.4 Å². The van der Waals surface area contributed by atoms with Crippen molar-refractivity contribution in [1.82, 2.24) is 14.5 Å². The Morgan fingerprint density at radius 1 is 0.786 bits per heavy atom. The van der Waals surface area contributed by atoms with Gasteiger partial charge in [-0.15, -0.1) is 0 Å². The van der Waals surface area contributed by atoms with Crippen molar-refractivity contribution in [3.63, 3.8) is 0 Å². The zero-order valence-corrected chi connectivity index (χ0v) is 24.1. The Morgan fingerprint density at radius 2 is 1.48 bits per heavy atom. The molecule has 8 nitrogen and oxygen atoms in total. The highest BCUT2D eigenvalue weighted by molar-refractivity contribution is 6.31. The van der Waals surface area contributed by atoms with Crippen molar-refractivity contribution in [2.45, 2.75) is 19.5 Å². The summed E-state index contributed by atoms with van der Waals surface area (Å²) >= 11 is 6.38. The van der Waals surface area contributed by atoms with Crippen LogP contribution in [0.2, 0.25) is 5.02 Å². The zero-order valence-electron chi connectivity index (χ0n) is 23.3. The SMILES string of the molecule is COc1ccc(CCNC(=O)c2ccc(Cn3c(=O)c4ccccc4n(Cc4ccccc4Cl)c3=O)cc2)cc1OC. The number of ether oxygens (including phenoxy) is 2. The monoisotopic (exact) mass is 583 g/mol. The molecule has 0 saturated heterocycles. The first-order chi connectivity index (χ1) is 20.4. The summed E-state index contributed by atoms with van der Waals surface area (Å²) in [4.78, 5) is 39.7. The number of methoxy groups -OCH3 is 2. The van der Waals surface area contributed by atoms with Crippen LogP contribution in [0.5, 0.6) is 11.5 Å². The smallest absolute Gasteiger partial charge is 0.332 e. The fourth-order valence-electron chi connectivity index (χ4n) is 4.86. The van der Waals surface area contributed by atoms with Crippen LogP contribution < -0.4 is 26.0 Å². The van der Waals surface area contributed by atoms with Crippen LogP contribution in [0.3, 0.4) is 0 Å². The molecule has 0 fully saturated rings. The number of aromatic nitrogens is 2. The molecule has 0 unspecified atom stereocenters. The third kappa shape index (κ3) is 6.09. The van der Waals surface area contributed by atoms with E-state index >= 15 is 0 Å². The van der Waals surface area contributed by atoms with Gasteiger partial charge in [-0.1, -0.05) is 60.1 Å². The van der Waals surface area contributed by atoms with Gasteiger partial charge < -0.3 is 14.8 Å². The van der Waals surface area contributed by atoms with Crippen molar-refractivity contribution < 1.29 is 14.3 Å². The number of nitrogens with zero attached hydrogens (tertiary/aromatic N) is 2. The van der Waals surface area contributed by atoms with Gasteiger partial charge in [0.15, 0.2) is 11.5 Å². The number of fused-ring (bicyclic) bond motifs is 1. The van der Waals surface area contributed by atoms with Gasteiger partial charge in [-0.25, -0.2) is 4.79 Å². The molecule has 5 aromatic rings. The number of para-hydroxylation sites is 1. The minimum atomic E-state index is -0.435.